The van der Waals surface area contributed by atoms with Crippen molar-refractivity contribution < 1.29 is 0 Å². The van der Waals surface area contributed by atoms with Crippen molar-refractivity contribution in [3.05, 3.63) is 188 Å². The second-order valence-electron chi connectivity index (χ2n) is 12.2. The molecule has 0 atom stereocenters. The maximum absolute atomic E-state index is 2.40. The molecule has 0 spiro atoms. The van der Waals surface area contributed by atoms with Gasteiger partial charge >= 0.3 is 0 Å². The fraction of sp³-hybridized carbons (Fsp3) is 0. The van der Waals surface area contributed by atoms with E-state index < -0.39 is 0 Å². The van der Waals surface area contributed by atoms with Crippen molar-refractivity contribution in [2.75, 3.05) is 4.90 Å². The first-order chi connectivity index (χ1) is 23.8. The Labute approximate surface area is 284 Å². The van der Waals surface area contributed by atoms with E-state index in [9.17, 15) is 0 Å². The van der Waals surface area contributed by atoms with Gasteiger partial charge in [-0.25, -0.2) is 0 Å². The molecular weight excluding hydrogens is 599 g/mol. The molecule has 8 aromatic carbocycles. The lowest BCUT2D eigenvalue weighted by Gasteiger charge is -2.27. The van der Waals surface area contributed by atoms with E-state index in [0.29, 0.717) is 0 Å². The molecule has 0 amide bonds. The largest absolute Gasteiger partial charge is 0.310 e. The second kappa shape index (κ2) is 12.0. The Balaban J connectivity index is 1.22. The molecule has 2 heteroatoms. The molecule has 0 aliphatic carbocycles. The van der Waals surface area contributed by atoms with Crippen LogP contribution in [0.1, 0.15) is 0 Å². The zero-order chi connectivity index (χ0) is 31.9. The topological polar surface area (TPSA) is 3.24 Å². The first kappa shape index (κ1) is 28.3. The summed E-state index contributed by atoms with van der Waals surface area (Å²) in [6.45, 7) is 0. The standard InChI is InChI=1S/C46H31NS/c1-3-11-32(12-4-1)34-21-25-39(26-22-34)47(40-27-23-35(24-28-40)38-20-19-33-13-7-8-16-37(33)29-38)41-30-43(36-14-5-2-6-15-36)46-44(31-41)42-17-9-10-18-45(42)48-46/h1-31H. The molecule has 0 saturated carbocycles. The van der Waals surface area contributed by atoms with Gasteiger partial charge in [-0.3, -0.25) is 0 Å². The first-order valence-electron chi connectivity index (χ1n) is 16.3. The normalized spacial score (nSPS) is 11.3. The van der Waals surface area contributed by atoms with Gasteiger partial charge in [-0.15, -0.1) is 11.3 Å². The molecule has 1 nitrogen and oxygen atoms in total. The third-order valence-corrected chi connectivity index (χ3v) is 10.5. The van der Waals surface area contributed by atoms with E-state index in [0.717, 1.165) is 17.1 Å². The number of hydrogen-bond donors (Lipinski definition) is 0. The zero-order valence-corrected chi connectivity index (χ0v) is 27.1. The van der Waals surface area contributed by atoms with Gasteiger partial charge in [-0.05, 0) is 87.1 Å². The lowest BCUT2D eigenvalue weighted by Crippen LogP contribution is -2.10. The van der Waals surface area contributed by atoms with Crippen LogP contribution in [-0.2, 0) is 0 Å². The first-order valence-corrected chi connectivity index (χ1v) is 17.2. The summed E-state index contributed by atoms with van der Waals surface area (Å²) in [6, 6.07) is 68.2. The fourth-order valence-electron chi connectivity index (χ4n) is 6.83. The maximum atomic E-state index is 2.40. The van der Waals surface area contributed by atoms with Crippen LogP contribution in [0.3, 0.4) is 0 Å². The summed E-state index contributed by atoms with van der Waals surface area (Å²) < 4.78 is 2.62. The van der Waals surface area contributed by atoms with E-state index in [2.05, 4.69) is 193 Å². The van der Waals surface area contributed by atoms with E-state index in [1.165, 1.54) is 64.3 Å². The van der Waals surface area contributed by atoms with Gasteiger partial charge in [0.15, 0.2) is 0 Å². The molecule has 0 unspecified atom stereocenters. The van der Waals surface area contributed by atoms with Crippen LogP contribution < -0.4 is 4.90 Å². The summed E-state index contributed by atoms with van der Waals surface area (Å²) in [6.07, 6.45) is 0. The van der Waals surface area contributed by atoms with E-state index in [1.807, 2.05) is 11.3 Å². The van der Waals surface area contributed by atoms with E-state index in [1.54, 1.807) is 0 Å². The molecule has 0 bridgehead atoms. The van der Waals surface area contributed by atoms with Crippen LogP contribution in [0.15, 0.2) is 188 Å². The molecule has 48 heavy (non-hydrogen) atoms. The predicted octanol–water partition coefficient (Wildman–Crippen LogP) is 13.7. The van der Waals surface area contributed by atoms with Gasteiger partial charge in [0.1, 0.15) is 0 Å². The molecule has 1 aromatic heterocycles. The number of thiophene rings is 1. The van der Waals surface area contributed by atoms with Crippen LogP contribution in [0.2, 0.25) is 0 Å². The molecule has 0 N–H and O–H groups in total. The highest BCUT2D eigenvalue weighted by molar-refractivity contribution is 7.26. The smallest absolute Gasteiger partial charge is 0.0475 e. The summed E-state index contributed by atoms with van der Waals surface area (Å²) in [5.41, 5.74) is 10.7. The van der Waals surface area contributed by atoms with Crippen molar-refractivity contribution in [3.63, 3.8) is 0 Å². The number of nitrogens with zero attached hydrogens (tertiary/aromatic N) is 1. The molecule has 0 radical (unpaired) electrons. The molecule has 0 fully saturated rings. The van der Waals surface area contributed by atoms with Gasteiger partial charge < -0.3 is 4.90 Å². The molecule has 9 aromatic rings. The number of benzene rings is 8. The van der Waals surface area contributed by atoms with Crippen molar-refractivity contribution in [1.29, 1.82) is 0 Å². The highest BCUT2D eigenvalue weighted by Crippen LogP contribution is 2.46. The number of fused-ring (bicyclic) bond motifs is 4. The van der Waals surface area contributed by atoms with Crippen molar-refractivity contribution in [3.8, 4) is 33.4 Å². The van der Waals surface area contributed by atoms with E-state index >= 15 is 0 Å². The third kappa shape index (κ3) is 5.13. The monoisotopic (exact) mass is 629 g/mol. The quantitative estimate of drug-likeness (QED) is 0.177. The van der Waals surface area contributed by atoms with Crippen molar-refractivity contribution >= 4 is 59.3 Å². The molecule has 0 aliphatic heterocycles. The van der Waals surface area contributed by atoms with Gasteiger partial charge in [-0.1, -0.05) is 140 Å². The van der Waals surface area contributed by atoms with Crippen LogP contribution in [0.4, 0.5) is 17.1 Å². The van der Waals surface area contributed by atoms with E-state index in [4.69, 9.17) is 0 Å². The molecule has 226 valence electrons. The van der Waals surface area contributed by atoms with Gasteiger partial charge in [-0.2, -0.15) is 0 Å². The summed E-state index contributed by atoms with van der Waals surface area (Å²) in [4.78, 5) is 2.40. The fourth-order valence-corrected chi connectivity index (χ4v) is 8.05. The Morgan fingerprint density at radius 2 is 0.875 bits per heavy atom. The summed E-state index contributed by atoms with van der Waals surface area (Å²) >= 11 is 1.88. The molecule has 0 saturated heterocycles. The Kier molecular flexibility index (Phi) is 7.07. The third-order valence-electron chi connectivity index (χ3n) is 9.25. The minimum Gasteiger partial charge on any atom is -0.310 e. The molecule has 9 rings (SSSR count). The van der Waals surface area contributed by atoms with Crippen molar-refractivity contribution in [1.82, 2.24) is 0 Å². The van der Waals surface area contributed by atoms with Crippen molar-refractivity contribution in [2.24, 2.45) is 0 Å². The van der Waals surface area contributed by atoms with Crippen molar-refractivity contribution in [2.45, 2.75) is 0 Å². The van der Waals surface area contributed by atoms with Gasteiger partial charge in [0.2, 0.25) is 0 Å². The molecular formula is C46H31NS. The summed E-state index contributed by atoms with van der Waals surface area (Å²) in [5, 5.41) is 5.09. The number of anilines is 3. The lowest BCUT2D eigenvalue weighted by molar-refractivity contribution is 1.29. The Hall–Kier alpha value is -5.96. The Morgan fingerprint density at radius 1 is 0.333 bits per heavy atom. The van der Waals surface area contributed by atoms with Crippen LogP contribution in [0.5, 0.6) is 0 Å². The maximum Gasteiger partial charge on any atom is 0.0475 e. The van der Waals surface area contributed by atoms with Crippen LogP contribution >= 0.6 is 11.3 Å². The van der Waals surface area contributed by atoms with Crippen LogP contribution in [0.25, 0.3) is 64.3 Å². The Morgan fingerprint density at radius 3 is 1.58 bits per heavy atom. The second-order valence-corrected chi connectivity index (χ2v) is 13.2. The SMILES string of the molecule is c1ccc(-c2ccc(N(c3ccc(-c4ccc5ccccc5c4)cc3)c3cc(-c4ccccc4)c4sc5ccccc5c4c3)cc2)cc1. The molecule has 1 heterocycles. The summed E-state index contributed by atoms with van der Waals surface area (Å²) in [5.74, 6) is 0. The average Bonchev–Trinajstić information content (AvgIpc) is 3.54. The lowest BCUT2D eigenvalue weighted by atomic mass is 9.99. The molecule has 0 aliphatic rings. The van der Waals surface area contributed by atoms with Gasteiger partial charge in [0.05, 0.1) is 0 Å². The van der Waals surface area contributed by atoms with Gasteiger partial charge in [0, 0.05) is 42.8 Å². The van der Waals surface area contributed by atoms with Crippen LogP contribution in [-0.4, -0.2) is 0 Å². The predicted molar refractivity (Wildman–Crippen MR) is 208 cm³/mol. The highest BCUT2D eigenvalue weighted by atomic mass is 32.1. The Bertz CT molecular complexity index is 2530. The van der Waals surface area contributed by atoms with Crippen LogP contribution in [0, 0.1) is 0 Å². The zero-order valence-electron chi connectivity index (χ0n) is 26.3. The summed E-state index contributed by atoms with van der Waals surface area (Å²) in [7, 11) is 0. The van der Waals surface area contributed by atoms with E-state index in [-0.39, 0.29) is 0 Å². The minimum absolute atomic E-state index is 1.12. The highest BCUT2D eigenvalue weighted by Gasteiger charge is 2.19. The number of hydrogen-bond acceptors (Lipinski definition) is 2. The average molecular weight is 630 g/mol. The number of rotatable bonds is 6. The van der Waals surface area contributed by atoms with Gasteiger partial charge in [0.25, 0.3) is 0 Å². The minimum atomic E-state index is 1.12.